The number of carbonyl (C=O) groups is 4. The molecule has 224 valence electrons. The van der Waals surface area contributed by atoms with Gasteiger partial charge in [0.05, 0.1) is 23.0 Å². The highest BCUT2D eigenvalue weighted by Gasteiger charge is 2.48. The summed E-state index contributed by atoms with van der Waals surface area (Å²) < 4.78 is 0. The first-order valence-corrected chi connectivity index (χ1v) is 14.9. The molecule has 1 fully saturated rings. The third-order valence-corrected chi connectivity index (χ3v) is 8.63. The lowest BCUT2D eigenvalue weighted by atomic mass is 9.75. The molecule has 1 aliphatic carbocycles. The standard InChI is InChI=1S/C30H37ClN6O4S/c1-18(38)36(29(41)30(2,33)20-12-8-5-9-13-20)37-24-15-14-21(31)16-22(24)25(19-10-6-4-7-11-19)34-26(28(37)40)35(3)27(39)23(32)17-42/h4,6-7,10-11,14-16,20,23,26,42H,5,8-9,12-13,17,32-33H2,1-3H3/t23?,26?,30-/m1/s1. The van der Waals surface area contributed by atoms with Gasteiger partial charge >= 0.3 is 0 Å². The van der Waals surface area contributed by atoms with Crippen molar-refractivity contribution < 1.29 is 19.2 Å². The Labute approximate surface area is 256 Å². The second kappa shape index (κ2) is 12.9. The Balaban J connectivity index is 1.95. The van der Waals surface area contributed by atoms with Gasteiger partial charge in [-0.2, -0.15) is 17.6 Å². The number of likely N-dealkylation sites (N-methyl/N-ethyl adjacent to an activating group) is 1. The van der Waals surface area contributed by atoms with E-state index >= 15 is 0 Å². The van der Waals surface area contributed by atoms with Gasteiger partial charge in [-0.1, -0.05) is 61.2 Å². The van der Waals surface area contributed by atoms with E-state index in [1.54, 1.807) is 37.3 Å². The maximum Gasteiger partial charge on any atom is 0.291 e. The Hall–Kier alpha value is -3.25. The second-order valence-electron chi connectivity index (χ2n) is 11.0. The first-order chi connectivity index (χ1) is 19.9. The summed E-state index contributed by atoms with van der Waals surface area (Å²) in [6, 6.07) is 12.8. The smallest absolute Gasteiger partial charge is 0.291 e. The molecule has 4 amide bonds. The first-order valence-electron chi connectivity index (χ1n) is 13.9. The molecular weight excluding hydrogens is 576 g/mol. The number of benzodiazepines with no additional fused rings is 1. The van der Waals surface area contributed by atoms with Gasteiger partial charge in [-0.15, -0.1) is 0 Å². The molecule has 1 saturated carbocycles. The van der Waals surface area contributed by atoms with Crippen LogP contribution >= 0.6 is 24.2 Å². The van der Waals surface area contributed by atoms with Crippen molar-refractivity contribution in [2.24, 2.45) is 22.4 Å². The van der Waals surface area contributed by atoms with Gasteiger partial charge < -0.3 is 16.4 Å². The molecule has 0 bridgehead atoms. The van der Waals surface area contributed by atoms with Crippen molar-refractivity contribution in [3.8, 4) is 0 Å². The highest BCUT2D eigenvalue weighted by atomic mass is 35.5. The third-order valence-electron chi connectivity index (χ3n) is 8.00. The number of hydrazine groups is 1. The van der Waals surface area contributed by atoms with Crippen LogP contribution in [0.1, 0.15) is 57.1 Å². The summed E-state index contributed by atoms with van der Waals surface area (Å²) in [5, 5.41) is 2.12. The molecule has 3 atom stereocenters. The number of imide groups is 1. The lowest BCUT2D eigenvalue weighted by Crippen LogP contribution is -2.66. The Bertz CT molecular complexity index is 1400. The van der Waals surface area contributed by atoms with E-state index in [2.05, 4.69) is 12.6 Å². The van der Waals surface area contributed by atoms with Gasteiger partial charge in [0.15, 0.2) is 0 Å². The fraction of sp³-hybridized carbons (Fsp3) is 0.433. The number of benzene rings is 2. The van der Waals surface area contributed by atoms with Crippen molar-refractivity contribution in [1.29, 1.82) is 0 Å². The molecule has 10 nitrogen and oxygen atoms in total. The van der Waals surface area contributed by atoms with Gasteiger partial charge in [-0.05, 0) is 43.9 Å². The van der Waals surface area contributed by atoms with E-state index in [0.29, 0.717) is 21.9 Å². The lowest BCUT2D eigenvalue weighted by molar-refractivity contribution is -0.153. The van der Waals surface area contributed by atoms with Crippen molar-refractivity contribution in [1.82, 2.24) is 9.91 Å². The highest BCUT2D eigenvalue weighted by molar-refractivity contribution is 7.80. The largest absolute Gasteiger partial charge is 0.319 e. The molecule has 1 heterocycles. The van der Waals surface area contributed by atoms with Crippen molar-refractivity contribution in [2.75, 3.05) is 17.8 Å². The number of carbonyl (C=O) groups excluding carboxylic acids is 4. The number of amides is 4. The van der Waals surface area contributed by atoms with Gasteiger partial charge in [0.2, 0.25) is 18.0 Å². The molecule has 0 saturated heterocycles. The van der Waals surface area contributed by atoms with E-state index in [0.717, 1.165) is 47.0 Å². The van der Waals surface area contributed by atoms with Crippen molar-refractivity contribution in [3.05, 3.63) is 64.7 Å². The van der Waals surface area contributed by atoms with Crippen LogP contribution in [0.15, 0.2) is 53.5 Å². The highest BCUT2D eigenvalue weighted by Crippen LogP contribution is 2.36. The average molecular weight is 613 g/mol. The molecule has 4 N–H and O–H groups in total. The monoisotopic (exact) mass is 612 g/mol. The fourth-order valence-corrected chi connectivity index (χ4v) is 5.91. The number of rotatable bonds is 7. The summed E-state index contributed by atoms with van der Waals surface area (Å²) in [5.41, 5.74) is 12.8. The molecule has 0 aromatic heterocycles. The summed E-state index contributed by atoms with van der Waals surface area (Å²) >= 11 is 10.6. The summed E-state index contributed by atoms with van der Waals surface area (Å²) in [5.74, 6) is -2.99. The number of aliphatic imine (C=N–C) groups is 1. The SMILES string of the molecule is CC(=O)N(C(=O)[C@](C)(N)C1CCCCC1)N1C(=O)C(N(C)C(=O)C(N)CS)N=C(c2ccccc2)c2cc(Cl)ccc21. The number of thiol groups is 1. The normalized spacial score (nSPS) is 19.6. The van der Waals surface area contributed by atoms with E-state index in [-0.39, 0.29) is 17.4 Å². The number of anilines is 1. The number of halogens is 1. The molecule has 0 radical (unpaired) electrons. The second-order valence-corrected chi connectivity index (χ2v) is 11.8. The van der Waals surface area contributed by atoms with Crippen LogP contribution in [0.2, 0.25) is 5.02 Å². The molecule has 42 heavy (non-hydrogen) atoms. The zero-order valence-corrected chi connectivity index (χ0v) is 25.6. The topological polar surface area (TPSA) is 142 Å². The molecule has 2 aromatic carbocycles. The summed E-state index contributed by atoms with van der Waals surface area (Å²) in [7, 11) is 1.40. The third kappa shape index (κ3) is 6.10. The molecule has 2 aromatic rings. The number of nitrogens with zero attached hydrogens (tertiary/aromatic N) is 4. The minimum absolute atomic E-state index is 0.0316. The number of hydrogen-bond acceptors (Lipinski definition) is 8. The quantitative estimate of drug-likeness (QED) is 0.410. The minimum Gasteiger partial charge on any atom is -0.319 e. The first kappa shape index (κ1) is 31.7. The molecular formula is C30H37ClN6O4S. The van der Waals surface area contributed by atoms with Crippen LogP contribution in [0, 0.1) is 5.92 Å². The van der Waals surface area contributed by atoms with E-state index in [1.807, 2.05) is 18.2 Å². The molecule has 12 heteroatoms. The van der Waals surface area contributed by atoms with Crippen LogP contribution in [0.25, 0.3) is 0 Å². The van der Waals surface area contributed by atoms with Gasteiger partial charge in [0.1, 0.15) is 0 Å². The Kier molecular flexibility index (Phi) is 9.77. The zero-order chi connectivity index (χ0) is 30.8. The average Bonchev–Trinajstić information content (AvgIpc) is 3.11. The van der Waals surface area contributed by atoms with Crippen molar-refractivity contribution in [3.63, 3.8) is 0 Å². The molecule has 1 aliphatic heterocycles. The predicted molar refractivity (Wildman–Crippen MR) is 166 cm³/mol. The van der Waals surface area contributed by atoms with Crippen LogP contribution in [0.4, 0.5) is 5.69 Å². The van der Waals surface area contributed by atoms with Crippen LogP contribution in [0.5, 0.6) is 0 Å². The maximum atomic E-state index is 14.5. The molecule has 0 spiro atoms. The van der Waals surface area contributed by atoms with Crippen LogP contribution in [-0.2, 0) is 19.2 Å². The number of fused-ring (bicyclic) bond motifs is 1. The summed E-state index contributed by atoms with van der Waals surface area (Å²) in [4.78, 5) is 61.2. The molecule has 4 rings (SSSR count). The van der Waals surface area contributed by atoms with E-state index < -0.39 is 41.4 Å². The lowest BCUT2D eigenvalue weighted by Gasteiger charge is -2.42. The minimum atomic E-state index is -1.49. The van der Waals surface area contributed by atoms with Gasteiger partial charge in [0, 0.05) is 35.9 Å². The van der Waals surface area contributed by atoms with Gasteiger partial charge in [-0.25, -0.2) is 10.0 Å². The Morgan fingerprint density at radius 2 is 1.79 bits per heavy atom. The number of nitrogens with two attached hydrogens (primary N) is 2. The van der Waals surface area contributed by atoms with E-state index in [4.69, 9.17) is 28.1 Å². The van der Waals surface area contributed by atoms with Gasteiger partial charge in [0.25, 0.3) is 11.8 Å². The Morgan fingerprint density at radius 1 is 1.14 bits per heavy atom. The molecule has 2 aliphatic rings. The fourth-order valence-electron chi connectivity index (χ4n) is 5.58. The Morgan fingerprint density at radius 3 is 2.38 bits per heavy atom. The summed E-state index contributed by atoms with van der Waals surface area (Å²) in [6.07, 6.45) is 2.86. The van der Waals surface area contributed by atoms with Crippen LogP contribution in [0.3, 0.4) is 0 Å². The van der Waals surface area contributed by atoms with Crippen LogP contribution in [-0.4, -0.2) is 69.8 Å². The summed E-state index contributed by atoms with van der Waals surface area (Å²) in [6.45, 7) is 2.80. The zero-order valence-electron chi connectivity index (χ0n) is 24.0. The van der Waals surface area contributed by atoms with Gasteiger partial charge in [-0.3, -0.25) is 19.2 Å². The van der Waals surface area contributed by atoms with E-state index in [9.17, 15) is 19.2 Å². The van der Waals surface area contributed by atoms with Crippen LogP contribution < -0.4 is 16.5 Å². The van der Waals surface area contributed by atoms with Crippen molar-refractivity contribution in [2.45, 2.75) is 63.7 Å². The predicted octanol–water partition coefficient (Wildman–Crippen LogP) is 3.15. The number of hydrogen-bond donors (Lipinski definition) is 3. The maximum absolute atomic E-state index is 14.5. The van der Waals surface area contributed by atoms with Crippen molar-refractivity contribution >= 4 is 59.3 Å². The van der Waals surface area contributed by atoms with E-state index in [1.165, 1.54) is 14.0 Å². The molecule has 2 unspecified atom stereocenters.